The van der Waals surface area contributed by atoms with Crippen molar-refractivity contribution in [1.29, 1.82) is 0 Å². The van der Waals surface area contributed by atoms with E-state index in [1.807, 2.05) is 32.9 Å². The number of carboxylic acids is 1. The number of amides is 1. The Labute approximate surface area is 131 Å². The first-order chi connectivity index (χ1) is 10.4. The maximum absolute atomic E-state index is 12.1. The number of aliphatic carboxylic acids is 1. The molecule has 1 atom stereocenters. The number of carboxylic acid groups (broad SMARTS) is 1. The summed E-state index contributed by atoms with van der Waals surface area (Å²) in [5, 5.41) is 11.7. The first-order valence-corrected chi connectivity index (χ1v) is 7.68. The third-order valence-electron chi connectivity index (χ3n) is 3.25. The number of hydrogen-bond donors (Lipinski definition) is 2. The van der Waals surface area contributed by atoms with Crippen LogP contribution in [-0.4, -0.2) is 29.1 Å². The minimum Gasteiger partial charge on any atom is -0.480 e. The van der Waals surface area contributed by atoms with Gasteiger partial charge < -0.3 is 15.2 Å². The second-order valence-electron chi connectivity index (χ2n) is 5.56. The smallest absolute Gasteiger partial charge is 0.326 e. The fraction of sp³-hybridized carbons (Fsp3) is 0.529. The number of rotatable bonds is 9. The third kappa shape index (κ3) is 6.26. The molecule has 0 aromatic heterocycles. The van der Waals surface area contributed by atoms with E-state index in [-0.39, 0.29) is 12.0 Å². The van der Waals surface area contributed by atoms with Crippen molar-refractivity contribution in [2.75, 3.05) is 0 Å². The van der Waals surface area contributed by atoms with Crippen molar-refractivity contribution in [3.05, 3.63) is 35.4 Å². The van der Waals surface area contributed by atoms with Gasteiger partial charge in [-0.15, -0.1) is 0 Å². The molecule has 0 aliphatic carbocycles. The number of benzene rings is 1. The second-order valence-corrected chi connectivity index (χ2v) is 5.56. The summed E-state index contributed by atoms with van der Waals surface area (Å²) in [4.78, 5) is 23.2. The van der Waals surface area contributed by atoms with E-state index >= 15 is 0 Å². The standard InChI is InChI=1S/C17H25NO4/c1-4-5-6-15(17(20)21)18-16(19)14-9-7-13(8-10-14)11-22-12(2)3/h7-10,12,15H,4-6,11H2,1-3H3,(H,18,19)(H,20,21)/t15-/m0/s1. The van der Waals surface area contributed by atoms with Crippen LogP contribution in [0.4, 0.5) is 0 Å². The number of carbonyl (C=O) groups is 2. The molecule has 0 aliphatic heterocycles. The zero-order valence-electron chi connectivity index (χ0n) is 13.5. The highest BCUT2D eigenvalue weighted by molar-refractivity contribution is 5.96. The molecule has 0 unspecified atom stereocenters. The predicted octanol–water partition coefficient (Wildman–Crippen LogP) is 2.98. The van der Waals surface area contributed by atoms with E-state index in [1.165, 1.54) is 0 Å². The monoisotopic (exact) mass is 307 g/mol. The number of nitrogens with one attached hydrogen (secondary N) is 1. The van der Waals surface area contributed by atoms with Crippen LogP contribution in [0.2, 0.25) is 0 Å². The fourth-order valence-corrected chi connectivity index (χ4v) is 1.92. The van der Waals surface area contributed by atoms with Gasteiger partial charge in [0.05, 0.1) is 12.7 Å². The highest BCUT2D eigenvalue weighted by Crippen LogP contribution is 2.08. The molecule has 1 amide bonds. The Bertz CT molecular complexity index is 482. The van der Waals surface area contributed by atoms with Crippen LogP contribution >= 0.6 is 0 Å². The maximum Gasteiger partial charge on any atom is 0.326 e. The van der Waals surface area contributed by atoms with Gasteiger partial charge in [-0.3, -0.25) is 4.79 Å². The Morgan fingerprint density at radius 3 is 2.36 bits per heavy atom. The predicted molar refractivity (Wildman–Crippen MR) is 84.8 cm³/mol. The summed E-state index contributed by atoms with van der Waals surface area (Å²) in [5.41, 5.74) is 1.43. The molecule has 5 nitrogen and oxygen atoms in total. The van der Waals surface area contributed by atoms with Crippen molar-refractivity contribution >= 4 is 11.9 Å². The van der Waals surface area contributed by atoms with E-state index in [4.69, 9.17) is 9.84 Å². The molecular formula is C17H25NO4. The zero-order chi connectivity index (χ0) is 16.5. The quantitative estimate of drug-likeness (QED) is 0.735. The van der Waals surface area contributed by atoms with Gasteiger partial charge in [0.25, 0.3) is 5.91 Å². The van der Waals surface area contributed by atoms with Crippen LogP contribution in [0.15, 0.2) is 24.3 Å². The van der Waals surface area contributed by atoms with Gasteiger partial charge in [-0.05, 0) is 38.0 Å². The Balaban J connectivity index is 2.62. The molecule has 0 radical (unpaired) electrons. The third-order valence-corrected chi connectivity index (χ3v) is 3.25. The van der Waals surface area contributed by atoms with Gasteiger partial charge in [-0.1, -0.05) is 31.9 Å². The van der Waals surface area contributed by atoms with Crippen molar-refractivity contribution in [3.8, 4) is 0 Å². The van der Waals surface area contributed by atoms with Crippen LogP contribution in [-0.2, 0) is 16.1 Å². The molecule has 1 aromatic rings. The number of ether oxygens (including phenoxy) is 1. The van der Waals surface area contributed by atoms with Crippen LogP contribution in [0, 0.1) is 0 Å². The molecule has 5 heteroatoms. The molecule has 0 saturated carbocycles. The van der Waals surface area contributed by atoms with Crippen LogP contribution < -0.4 is 5.32 Å². The van der Waals surface area contributed by atoms with Crippen molar-refractivity contribution in [3.63, 3.8) is 0 Å². The van der Waals surface area contributed by atoms with Crippen LogP contribution in [0.5, 0.6) is 0 Å². The molecule has 2 N–H and O–H groups in total. The topological polar surface area (TPSA) is 75.6 Å². The molecule has 1 aromatic carbocycles. The van der Waals surface area contributed by atoms with Gasteiger partial charge in [0.2, 0.25) is 0 Å². The highest BCUT2D eigenvalue weighted by Gasteiger charge is 2.19. The summed E-state index contributed by atoms with van der Waals surface area (Å²) in [6.07, 6.45) is 2.25. The first kappa shape index (κ1) is 18.2. The largest absolute Gasteiger partial charge is 0.480 e. The second kappa shape index (κ2) is 9.20. The summed E-state index contributed by atoms with van der Waals surface area (Å²) >= 11 is 0. The Morgan fingerprint density at radius 2 is 1.86 bits per heavy atom. The maximum atomic E-state index is 12.1. The minimum absolute atomic E-state index is 0.151. The lowest BCUT2D eigenvalue weighted by molar-refractivity contribution is -0.139. The lowest BCUT2D eigenvalue weighted by atomic mass is 10.1. The van der Waals surface area contributed by atoms with Gasteiger partial charge >= 0.3 is 5.97 Å². The molecule has 0 bridgehead atoms. The lowest BCUT2D eigenvalue weighted by Crippen LogP contribution is -2.40. The van der Waals surface area contributed by atoms with Gasteiger partial charge in [0.1, 0.15) is 6.04 Å². The van der Waals surface area contributed by atoms with Crippen molar-refractivity contribution < 1.29 is 19.4 Å². The highest BCUT2D eigenvalue weighted by atomic mass is 16.5. The summed E-state index contributed by atoms with van der Waals surface area (Å²) < 4.78 is 5.49. The van der Waals surface area contributed by atoms with Crippen LogP contribution in [0.3, 0.4) is 0 Å². The Kier molecular flexibility index (Phi) is 7.60. The van der Waals surface area contributed by atoms with E-state index in [2.05, 4.69) is 5.32 Å². The number of carbonyl (C=O) groups excluding carboxylic acids is 1. The molecule has 0 fully saturated rings. The van der Waals surface area contributed by atoms with Crippen molar-refractivity contribution in [2.24, 2.45) is 0 Å². The fourth-order valence-electron chi connectivity index (χ4n) is 1.92. The molecular weight excluding hydrogens is 282 g/mol. The van der Waals surface area contributed by atoms with Gasteiger partial charge in [0, 0.05) is 5.56 Å². The molecule has 1 rings (SSSR count). The van der Waals surface area contributed by atoms with Crippen LogP contribution in [0.25, 0.3) is 0 Å². The van der Waals surface area contributed by atoms with Crippen molar-refractivity contribution in [1.82, 2.24) is 5.32 Å². The molecule has 122 valence electrons. The van der Waals surface area contributed by atoms with E-state index in [0.29, 0.717) is 18.6 Å². The first-order valence-electron chi connectivity index (χ1n) is 7.68. The van der Waals surface area contributed by atoms with E-state index in [0.717, 1.165) is 18.4 Å². The van der Waals surface area contributed by atoms with E-state index in [1.54, 1.807) is 12.1 Å². The number of unbranched alkanes of at least 4 members (excludes halogenated alkanes) is 1. The molecule has 0 saturated heterocycles. The van der Waals surface area contributed by atoms with Gasteiger partial charge in [-0.2, -0.15) is 0 Å². The van der Waals surface area contributed by atoms with Crippen molar-refractivity contribution in [2.45, 2.75) is 58.8 Å². The van der Waals surface area contributed by atoms with Gasteiger partial charge in [0.15, 0.2) is 0 Å². The van der Waals surface area contributed by atoms with Crippen LogP contribution in [0.1, 0.15) is 56.0 Å². The lowest BCUT2D eigenvalue weighted by Gasteiger charge is -2.14. The summed E-state index contributed by atoms with van der Waals surface area (Å²) in [6, 6.07) is 6.18. The van der Waals surface area contributed by atoms with E-state index < -0.39 is 12.0 Å². The Morgan fingerprint density at radius 1 is 1.23 bits per heavy atom. The average molecular weight is 307 g/mol. The number of hydrogen-bond acceptors (Lipinski definition) is 3. The van der Waals surface area contributed by atoms with Gasteiger partial charge in [-0.25, -0.2) is 4.79 Å². The Hall–Kier alpha value is -1.88. The normalized spacial score (nSPS) is 12.2. The minimum atomic E-state index is -0.997. The average Bonchev–Trinajstić information content (AvgIpc) is 2.49. The SMILES string of the molecule is CCCC[C@H](NC(=O)c1ccc(COC(C)C)cc1)C(=O)O. The summed E-state index contributed by atoms with van der Waals surface area (Å²) in [5.74, 6) is -1.36. The summed E-state index contributed by atoms with van der Waals surface area (Å²) in [6.45, 7) is 6.40. The zero-order valence-corrected chi connectivity index (χ0v) is 13.5. The molecule has 0 aliphatic rings. The van der Waals surface area contributed by atoms with E-state index in [9.17, 15) is 9.59 Å². The molecule has 0 heterocycles. The summed E-state index contributed by atoms with van der Waals surface area (Å²) in [7, 11) is 0. The molecule has 0 spiro atoms. The molecule has 22 heavy (non-hydrogen) atoms.